The number of hydrogen-bond donors (Lipinski definition) is 2. The lowest BCUT2D eigenvalue weighted by atomic mass is 10.0. The Morgan fingerprint density at radius 2 is 2.17 bits per heavy atom. The first kappa shape index (κ1) is 15.4. The molecule has 0 radical (unpaired) electrons. The molecule has 2 N–H and O–H groups in total. The third-order valence-electron chi connectivity index (χ3n) is 3.27. The number of amides is 1. The van der Waals surface area contributed by atoms with Gasteiger partial charge in [-0.3, -0.25) is 4.79 Å². The van der Waals surface area contributed by atoms with E-state index < -0.39 is 0 Å². The third-order valence-corrected chi connectivity index (χ3v) is 3.27. The first-order valence-corrected chi connectivity index (χ1v) is 7.40. The molecule has 1 atom stereocenters. The van der Waals surface area contributed by atoms with Crippen LogP contribution >= 0.6 is 0 Å². The molecule has 1 rings (SSSR count). The van der Waals surface area contributed by atoms with Gasteiger partial charge in [-0.05, 0) is 32.2 Å². The van der Waals surface area contributed by atoms with E-state index in [0.29, 0.717) is 12.5 Å². The van der Waals surface area contributed by atoms with Gasteiger partial charge in [0.2, 0.25) is 5.91 Å². The van der Waals surface area contributed by atoms with Crippen molar-refractivity contribution in [2.24, 2.45) is 0 Å². The number of rotatable bonds is 9. The van der Waals surface area contributed by atoms with Crippen molar-refractivity contribution in [3.05, 3.63) is 0 Å². The van der Waals surface area contributed by atoms with Crippen LogP contribution in [-0.4, -0.2) is 38.3 Å². The van der Waals surface area contributed by atoms with E-state index in [2.05, 4.69) is 17.6 Å². The second-order valence-electron chi connectivity index (χ2n) is 5.02. The van der Waals surface area contributed by atoms with Crippen molar-refractivity contribution in [2.75, 3.05) is 26.3 Å². The number of hydrogen-bond acceptors (Lipinski definition) is 3. The van der Waals surface area contributed by atoms with Crippen LogP contribution in [0.2, 0.25) is 0 Å². The van der Waals surface area contributed by atoms with Crippen LogP contribution in [0.4, 0.5) is 0 Å². The lowest BCUT2D eigenvalue weighted by molar-refractivity contribution is -0.121. The molecule has 1 amide bonds. The Kier molecular flexibility index (Phi) is 8.86. The van der Waals surface area contributed by atoms with Crippen molar-refractivity contribution >= 4 is 5.91 Å². The molecule has 0 aromatic heterocycles. The topological polar surface area (TPSA) is 50.4 Å². The number of ether oxygens (including phenoxy) is 1. The van der Waals surface area contributed by atoms with E-state index >= 15 is 0 Å². The van der Waals surface area contributed by atoms with Gasteiger partial charge in [-0.15, -0.1) is 0 Å². The molecule has 1 aliphatic heterocycles. The van der Waals surface area contributed by atoms with E-state index in [9.17, 15) is 4.79 Å². The molecule has 0 aromatic carbocycles. The highest BCUT2D eigenvalue weighted by Crippen LogP contribution is 2.09. The van der Waals surface area contributed by atoms with Crippen molar-refractivity contribution in [1.82, 2.24) is 10.6 Å². The lowest BCUT2D eigenvalue weighted by Gasteiger charge is -2.22. The Morgan fingerprint density at radius 3 is 2.89 bits per heavy atom. The van der Waals surface area contributed by atoms with Crippen molar-refractivity contribution in [3.63, 3.8) is 0 Å². The molecular formula is C14H28N2O2. The zero-order valence-corrected chi connectivity index (χ0v) is 11.7. The molecule has 0 bridgehead atoms. The molecule has 0 spiro atoms. The van der Waals surface area contributed by atoms with E-state index in [0.717, 1.165) is 45.6 Å². The van der Waals surface area contributed by atoms with Crippen LogP contribution in [0.1, 0.15) is 51.9 Å². The second-order valence-corrected chi connectivity index (χ2v) is 5.02. The van der Waals surface area contributed by atoms with Gasteiger partial charge in [0.15, 0.2) is 0 Å². The minimum atomic E-state index is 0.169. The van der Waals surface area contributed by atoms with Gasteiger partial charge in [-0.1, -0.05) is 19.8 Å². The summed E-state index contributed by atoms with van der Waals surface area (Å²) in [5.74, 6) is 0.169. The molecule has 1 fully saturated rings. The molecule has 0 aliphatic carbocycles. The summed E-state index contributed by atoms with van der Waals surface area (Å²) >= 11 is 0. The van der Waals surface area contributed by atoms with Crippen LogP contribution in [0.3, 0.4) is 0 Å². The summed E-state index contributed by atoms with van der Waals surface area (Å²) in [7, 11) is 0. The molecule has 1 heterocycles. The highest BCUT2D eigenvalue weighted by Gasteiger charge is 2.15. The standard InChI is InChI=1S/C14H28N2O2/c1-2-3-10-18-11-6-9-16-14(17)12-13-7-4-5-8-15-13/h13,15H,2-12H2,1H3,(H,16,17). The Morgan fingerprint density at radius 1 is 1.33 bits per heavy atom. The molecule has 18 heavy (non-hydrogen) atoms. The SMILES string of the molecule is CCCCOCCCNC(=O)CC1CCCCN1. The van der Waals surface area contributed by atoms with Crippen molar-refractivity contribution in [1.29, 1.82) is 0 Å². The number of carbonyl (C=O) groups is 1. The van der Waals surface area contributed by atoms with Crippen molar-refractivity contribution in [2.45, 2.75) is 57.9 Å². The fourth-order valence-corrected chi connectivity index (χ4v) is 2.14. The molecule has 4 heteroatoms. The Labute approximate surface area is 111 Å². The summed E-state index contributed by atoms with van der Waals surface area (Å²) in [4.78, 5) is 11.7. The molecule has 106 valence electrons. The van der Waals surface area contributed by atoms with E-state index in [1.165, 1.54) is 19.3 Å². The fraction of sp³-hybridized carbons (Fsp3) is 0.929. The summed E-state index contributed by atoms with van der Waals surface area (Å²) in [6, 6.07) is 0.388. The second kappa shape index (κ2) is 10.3. The van der Waals surface area contributed by atoms with E-state index in [-0.39, 0.29) is 5.91 Å². The van der Waals surface area contributed by atoms with E-state index in [4.69, 9.17) is 4.74 Å². The van der Waals surface area contributed by atoms with Gasteiger partial charge in [0.1, 0.15) is 0 Å². The minimum Gasteiger partial charge on any atom is -0.381 e. The summed E-state index contributed by atoms with van der Waals surface area (Å²) < 4.78 is 5.44. The van der Waals surface area contributed by atoms with E-state index in [1.807, 2.05) is 0 Å². The van der Waals surface area contributed by atoms with E-state index in [1.54, 1.807) is 0 Å². The van der Waals surface area contributed by atoms with Gasteiger partial charge in [-0.2, -0.15) is 0 Å². The predicted molar refractivity (Wildman–Crippen MR) is 73.6 cm³/mol. The first-order valence-electron chi connectivity index (χ1n) is 7.40. The van der Waals surface area contributed by atoms with Crippen LogP contribution in [0.5, 0.6) is 0 Å². The lowest BCUT2D eigenvalue weighted by Crippen LogP contribution is -2.39. The van der Waals surface area contributed by atoms with Crippen LogP contribution in [0.25, 0.3) is 0 Å². The van der Waals surface area contributed by atoms with Crippen molar-refractivity contribution < 1.29 is 9.53 Å². The summed E-state index contributed by atoms with van der Waals surface area (Å²) in [6.45, 7) is 5.54. The van der Waals surface area contributed by atoms with Gasteiger partial charge in [0.05, 0.1) is 0 Å². The average molecular weight is 256 g/mol. The Bertz CT molecular complexity index is 216. The molecule has 0 aromatic rings. The normalized spacial score (nSPS) is 19.7. The van der Waals surface area contributed by atoms with Crippen LogP contribution < -0.4 is 10.6 Å². The van der Waals surface area contributed by atoms with Gasteiger partial charge in [-0.25, -0.2) is 0 Å². The van der Waals surface area contributed by atoms with Gasteiger partial charge >= 0.3 is 0 Å². The minimum absolute atomic E-state index is 0.169. The summed E-state index contributed by atoms with van der Waals surface area (Å²) in [5.41, 5.74) is 0. The maximum Gasteiger partial charge on any atom is 0.221 e. The molecule has 1 unspecified atom stereocenters. The molecule has 1 saturated heterocycles. The maximum absolute atomic E-state index is 11.7. The molecule has 1 aliphatic rings. The monoisotopic (exact) mass is 256 g/mol. The zero-order chi connectivity index (χ0) is 13.1. The third kappa shape index (κ3) is 7.67. The number of unbranched alkanes of at least 4 members (excludes halogenated alkanes) is 1. The van der Waals surface area contributed by atoms with Crippen LogP contribution in [0, 0.1) is 0 Å². The average Bonchev–Trinajstić information content (AvgIpc) is 2.39. The summed E-state index contributed by atoms with van der Waals surface area (Å²) in [5, 5.41) is 6.35. The maximum atomic E-state index is 11.7. The largest absolute Gasteiger partial charge is 0.381 e. The molecule has 4 nitrogen and oxygen atoms in total. The smallest absolute Gasteiger partial charge is 0.221 e. The Hall–Kier alpha value is -0.610. The number of piperidine rings is 1. The quantitative estimate of drug-likeness (QED) is 0.619. The van der Waals surface area contributed by atoms with Crippen molar-refractivity contribution in [3.8, 4) is 0 Å². The Balaban J connectivity index is 1.90. The van der Waals surface area contributed by atoms with Gasteiger partial charge < -0.3 is 15.4 Å². The first-order chi connectivity index (χ1) is 8.83. The van der Waals surface area contributed by atoms with Gasteiger partial charge in [0, 0.05) is 32.2 Å². The number of carbonyl (C=O) groups excluding carboxylic acids is 1. The molecular weight excluding hydrogens is 228 g/mol. The fourth-order valence-electron chi connectivity index (χ4n) is 2.14. The predicted octanol–water partition coefficient (Wildman–Crippen LogP) is 1.84. The summed E-state index contributed by atoms with van der Waals surface area (Å²) in [6.07, 6.45) is 7.45. The number of nitrogens with one attached hydrogen (secondary N) is 2. The van der Waals surface area contributed by atoms with Crippen LogP contribution in [-0.2, 0) is 9.53 Å². The zero-order valence-electron chi connectivity index (χ0n) is 11.7. The van der Waals surface area contributed by atoms with Gasteiger partial charge in [0.25, 0.3) is 0 Å². The highest BCUT2D eigenvalue weighted by molar-refractivity contribution is 5.76. The molecule has 0 saturated carbocycles. The van der Waals surface area contributed by atoms with Crippen LogP contribution in [0.15, 0.2) is 0 Å². The highest BCUT2D eigenvalue weighted by atomic mass is 16.5.